The largest absolute Gasteiger partial charge is 0.407 e. The minimum Gasteiger partial charge on any atom is -0.407 e. The molecule has 1 aromatic carbocycles. The van der Waals surface area contributed by atoms with Crippen molar-refractivity contribution < 1.29 is 27.7 Å². The fourth-order valence-corrected chi connectivity index (χ4v) is 4.22. The molecule has 10 nitrogen and oxygen atoms in total. The van der Waals surface area contributed by atoms with Crippen LogP contribution in [0, 0.1) is 24.0 Å². The molecule has 0 aliphatic heterocycles. The minimum absolute atomic E-state index is 0.135. The minimum atomic E-state index is -3.75. The van der Waals surface area contributed by atoms with Crippen molar-refractivity contribution in [3.63, 3.8) is 0 Å². The van der Waals surface area contributed by atoms with Crippen molar-refractivity contribution >= 4 is 27.3 Å². The highest BCUT2D eigenvalue weighted by atomic mass is 32.2. The number of ketones is 1. The van der Waals surface area contributed by atoms with E-state index in [1.807, 2.05) is 0 Å². The van der Waals surface area contributed by atoms with Gasteiger partial charge in [-0.15, -0.1) is 0 Å². The summed E-state index contributed by atoms with van der Waals surface area (Å²) in [7, 11) is -2.31. The number of nitro benzene ring substituents is 1. The standard InChI is InChI=1S/C16H17N3O7S/c1-8-6-11(13(19(22)23)9(2)15(8)27(5,24)25)14(21)12-7-17-18(4)16(12)26-10(3)20/h6-7H,1-5H3. The summed E-state index contributed by atoms with van der Waals surface area (Å²) in [5.41, 5.74) is -1.03. The van der Waals surface area contributed by atoms with Gasteiger partial charge in [0.1, 0.15) is 11.1 Å². The number of aryl methyl sites for hydroxylation is 2. The summed E-state index contributed by atoms with van der Waals surface area (Å²) in [6.45, 7) is 3.85. The van der Waals surface area contributed by atoms with Gasteiger partial charge in [0.2, 0.25) is 11.7 Å². The predicted octanol–water partition coefficient (Wildman–Crippen LogP) is 1.50. The van der Waals surface area contributed by atoms with Crippen LogP contribution in [-0.2, 0) is 21.7 Å². The van der Waals surface area contributed by atoms with Crippen LogP contribution in [0.1, 0.15) is 34.0 Å². The van der Waals surface area contributed by atoms with Gasteiger partial charge in [0.05, 0.1) is 16.0 Å². The van der Waals surface area contributed by atoms with Crippen molar-refractivity contribution in [3.8, 4) is 5.88 Å². The average molecular weight is 395 g/mol. The summed E-state index contributed by atoms with van der Waals surface area (Å²) in [6.07, 6.45) is 2.06. The summed E-state index contributed by atoms with van der Waals surface area (Å²) in [5.74, 6) is -1.66. The molecule has 0 N–H and O–H groups in total. The van der Waals surface area contributed by atoms with Crippen LogP contribution >= 0.6 is 0 Å². The van der Waals surface area contributed by atoms with E-state index in [2.05, 4.69) is 5.10 Å². The fraction of sp³-hybridized carbons (Fsp3) is 0.312. The van der Waals surface area contributed by atoms with E-state index >= 15 is 0 Å². The molecule has 0 spiro atoms. The lowest BCUT2D eigenvalue weighted by Crippen LogP contribution is -2.14. The second kappa shape index (κ2) is 6.91. The Morgan fingerprint density at radius 1 is 1.26 bits per heavy atom. The van der Waals surface area contributed by atoms with E-state index in [9.17, 15) is 28.1 Å². The lowest BCUT2D eigenvalue weighted by atomic mass is 9.98. The van der Waals surface area contributed by atoms with Crippen LogP contribution in [-0.4, -0.2) is 41.1 Å². The van der Waals surface area contributed by atoms with Gasteiger partial charge in [-0.2, -0.15) is 5.10 Å². The number of esters is 1. The SMILES string of the molecule is CC(=O)Oc1c(C(=O)c2cc(C)c(S(C)(=O)=O)c(C)c2[N+](=O)[O-])cnn1C. The normalized spacial score (nSPS) is 11.3. The molecule has 0 fully saturated rings. The maximum Gasteiger partial charge on any atom is 0.309 e. The number of sulfone groups is 1. The topological polar surface area (TPSA) is 138 Å². The van der Waals surface area contributed by atoms with Crippen LogP contribution in [0.3, 0.4) is 0 Å². The Hall–Kier alpha value is -3.08. The highest BCUT2D eigenvalue weighted by molar-refractivity contribution is 7.90. The van der Waals surface area contributed by atoms with Gasteiger partial charge in [0.25, 0.3) is 5.69 Å². The Kier molecular flexibility index (Phi) is 5.18. The number of nitrogens with zero attached hydrogens (tertiary/aromatic N) is 3. The average Bonchev–Trinajstić information content (AvgIpc) is 2.84. The van der Waals surface area contributed by atoms with Gasteiger partial charge in [-0.05, 0) is 25.5 Å². The Bertz CT molecular complexity index is 1080. The first-order valence-corrected chi connectivity index (χ1v) is 9.49. The van der Waals surface area contributed by atoms with E-state index in [0.717, 1.165) is 30.1 Å². The number of hydrogen-bond donors (Lipinski definition) is 0. The van der Waals surface area contributed by atoms with Crippen LogP contribution < -0.4 is 4.74 Å². The van der Waals surface area contributed by atoms with Crippen molar-refractivity contribution in [3.05, 3.63) is 44.6 Å². The van der Waals surface area contributed by atoms with Crippen molar-refractivity contribution in [1.29, 1.82) is 0 Å². The monoisotopic (exact) mass is 395 g/mol. The molecule has 2 aromatic rings. The second-order valence-electron chi connectivity index (χ2n) is 5.98. The number of aromatic nitrogens is 2. The van der Waals surface area contributed by atoms with E-state index in [0.29, 0.717) is 0 Å². The van der Waals surface area contributed by atoms with Crippen LogP contribution in [0.5, 0.6) is 5.88 Å². The predicted molar refractivity (Wildman–Crippen MR) is 93.6 cm³/mol. The molecule has 0 saturated heterocycles. The van der Waals surface area contributed by atoms with E-state index in [1.54, 1.807) is 0 Å². The van der Waals surface area contributed by atoms with E-state index < -0.39 is 32.2 Å². The Morgan fingerprint density at radius 2 is 1.85 bits per heavy atom. The number of ether oxygens (including phenoxy) is 1. The van der Waals surface area contributed by atoms with Gasteiger partial charge in [-0.1, -0.05) is 0 Å². The summed E-state index contributed by atoms with van der Waals surface area (Å²) >= 11 is 0. The number of hydrogen-bond acceptors (Lipinski definition) is 8. The summed E-state index contributed by atoms with van der Waals surface area (Å²) in [5, 5.41) is 15.4. The molecule has 1 heterocycles. The van der Waals surface area contributed by atoms with Gasteiger partial charge < -0.3 is 4.74 Å². The van der Waals surface area contributed by atoms with Crippen molar-refractivity contribution in [1.82, 2.24) is 9.78 Å². The molecule has 2 rings (SSSR count). The smallest absolute Gasteiger partial charge is 0.309 e. The van der Waals surface area contributed by atoms with E-state index in [1.165, 1.54) is 20.9 Å². The summed E-state index contributed by atoms with van der Waals surface area (Å²) in [6, 6.07) is 1.15. The second-order valence-corrected chi connectivity index (χ2v) is 7.94. The molecule has 0 amide bonds. The molecule has 144 valence electrons. The molecular formula is C16H17N3O7S. The third-order valence-electron chi connectivity index (χ3n) is 3.84. The lowest BCUT2D eigenvalue weighted by molar-refractivity contribution is -0.385. The third kappa shape index (κ3) is 3.72. The maximum atomic E-state index is 13.0. The Morgan fingerprint density at radius 3 is 2.33 bits per heavy atom. The van der Waals surface area contributed by atoms with Gasteiger partial charge >= 0.3 is 5.97 Å². The van der Waals surface area contributed by atoms with Crippen LogP contribution in [0.2, 0.25) is 0 Å². The van der Waals surface area contributed by atoms with Gasteiger partial charge in [0, 0.05) is 25.8 Å². The molecule has 0 atom stereocenters. The first-order chi connectivity index (χ1) is 12.4. The number of nitro groups is 1. The third-order valence-corrected chi connectivity index (χ3v) is 5.21. The molecule has 0 aliphatic rings. The van der Waals surface area contributed by atoms with Crippen LogP contribution in [0.15, 0.2) is 17.2 Å². The number of carbonyl (C=O) groups is 2. The van der Waals surface area contributed by atoms with Gasteiger partial charge in [-0.3, -0.25) is 19.7 Å². The fourth-order valence-electron chi connectivity index (χ4n) is 2.92. The van der Waals surface area contributed by atoms with Crippen LogP contribution in [0.25, 0.3) is 0 Å². The Balaban J connectivity index is 2.79. The van der Waals surface area contributed by atoms with Crippen molar-refractivity contribution in [2.24, 2.45) is 7.05 Å². The number of benzene rings is 1. The first-order valence-electron chi connectivity index (χ1n) is 7.60. The Labute approximate surface area is 154 Å². The zero-order valence-corrected chi connectivity index (χ0v) is 16.1. The number of rotatable bonds is 5. The summed E-state index contributed by atoms with van der Waals surface area (Å²) < 4.78 is 30.1. The van der Waals surface area contributed by atoms with Crippen molar-refractivity contribution in [2.45, 2.75) is 25.7 Å². The first kappa shape index (κ1) is 20.2. The molecular weight excluding hydrogens is 378 g/mol. The lowest BCUT2D eigenvalue weighted by Gasteiger charge is -2.12. The highest BCUT2D eigenvalue weighted by Crippen LogP contribution is 2.34. The molecule has 0 saturated carbocycles. The molecule has 0 bridgehead atoms. The molecule has 11 heteroatoms. The van der Waals surface area contributed by atoms with Crippen molar-refractivity contribution in [2.75, 3.05) is 6.26 Å². The van der Waals surface area contributed by atoms with Crippen LogP contribution in [0.4, 0.5) is 5.69 Å². The highest BCUT2D eigenvalue weighted by Gasteiger charge is 2.32. The summed E-state index contributed by atoms with van der Waals surface area (Å²) in [4.78, 5) is 34.8. The molecule has 0 aliphatic carbocycles. The zero-order valence-electron chi connectivity index (χ0n) is 15.3. The molecule has 1 aromatic heterocycles. The number of carbonyl (C=O) groups excluding carboxylic acids is 2. The quantitative estimate of drug-likeness (QED) is 0.321. The zero-order chi connectivity index (χ0) is 20.7. The maximum absolute atomic E-state index is 13.0. The van der Waals surface area contributed by atoms with Gasteiger partial charge in [0.15, 0.2) is 9.84 Å². The van der Waals surface area contributed by atoms with E-state index in [4.69, 9.17) is 4.74 Å². The molecule has 0 radical (unpaired) electrons. The molecule has 0 unspecified atom stereocenters. The van der Waals surface area contributed by atoms with Gasteiger partial charge in [-0.25, -0.2) is 13.1 Å². The van der Waals surface area contributed by atoms with E-state index in [-0.39, 0.29) is 33.0 Å². The molecule has 27 heavy (non-hydrogen) atoms.